The van der Waals surface area contributed by atoms with E-state index in [2.05, 4.69) is 36.7 Å². The number of benzene rings is 1. The first-order valence-corrected chi connectivity index (χ1v) is 11.1. The van der Waals surface area contributed by atoms with Crippen molar-refractivity contribution in [2.75, 3.05) is 5.75 Å². The second-order valence-electron chi connectivity index (χ2n) is 7.46. The average Bonchev–Trinajstić information content (AvgIpc) is 3.19. The van der Waals surface area contributed by atoms with Crippen LogP contribution < -0.4 is 0 Å². The molecule has 0 spiro atoms. The van der Waals surface area contributed by atoms with Gasteiger partial charge >= 0.3 is 0 Å². The van der Waals surface area contributed by atoms with Crippen molar-refractivity contribution in [3.63, 3.8) is 0 Å². The Labute approximate surface area is 184 Å². The molecule has 3 aromatic rings. The van der Waals surface area contributed by atoms with Gasteiger partial charge in [-0.05, 0) is 33.3 Å². The third-order valence-corrected chi connectivity index (χ3v) is 6.82. The zero-order valence-corrected chi connectivity index (χ0v) is 19.0. The average molecular weight is 439 g/mol. The second kappa shape index (κ2) is 7.92. The van der Waals surface area contributed by atoms with E-state index in [-0.39, 0.29) is 23.7 Å². The van der Waals surface area contributed by atoms with Gasteiger partial charge in [0.2, 0.25) is 0 Å². The van der Waals surface area contributed by atoms with Gasteiger partial charge in [-0.2, -0.15) is 12.6 Å². The van der Waals surface area contributed by atoms with Gasteiger partial charge in [-0.25, -0.2) is 0 Å². The molecule has 0 unspecified atom stereocenters. The number of aromatic nitrogens is 3. The van der Waals surface area contributed by atoms with Crippen LogP contribution >= 0.6 is 24.0 Å². The number of hydrogen-bond acceptors (Lipinski definition) is 7. The maximum absolute atomic E-state index is 12.0. The van der Waals surface area contributed by atoms with Gasteiger partial charge in [0, 0.05) is 28.0 Å². The van der Waals surface area contributed by atoms with E-state index >= 15 is 0 Å². The van der Waals surface area contributed by atoms with Crippen LogP contribution in [0.15, 0.2) is 29.3 Å². The summed E-state index contributed by atoms with van der Waals surface area (Å²) >= 11 is 5.75. The lowest BCUT2D eigenvalue weighted by molar-refractivity contribution is -0.117. The van der Waals surface area contributed by atoms with E-state index in [0.717, 1.165) is 33.2 Å². The van der Waals surface area contributed by atoms with Crippen molar-refractivity contribution >= 4 is 41.2 Å². The highest BCUT2D eigenvalue weighted by Gasteiger charge is 2.31. The monoisotopic (exact) mass is 438 g/mol. The first-order chi connectivity index (χ1) is 14.3. The molecule has 0 amide bonds. The van der Waals surface area contributed by atoms with Gasteiger partial charge < -0.3 is 0 Å². The number of rotatable bonds is 5. The van der Waals surface area contributed by atoms with Crippen molar-refractivity contribution in [2.24, 2.45) is 4.99 Å². The molecule has 0 radical (unpaired) electrons. The summed E-state index contributed by atoms with van der Waals surface area (Å²) in [5, 5.41) is 9.66. The molecule has 1 aromatic carbocycles. The summed E-state index contributed by atoms with van der Waals surface area (Å²) in [6, 6.07) is 7.02. The first kappa shape index (κ1) is 20.7. The Morgan fingerprint density at radius 3 is 2.47 bits per heavy atom. The molecule has 6 nitrogen and oxygen atoms in total. The van der Waals surface area contributed by atoms with E-state index in [1.807, 2.05) is 23.6 Å². The topological polar surface area (TPSA) is 77.2 Å². The number of nitrogens with zero attached hydrogens (tertiary/aromatic N) is 4. The third-order valence-electron chi connectivity index (χ3n) is 5.34. The van der Waals surface area contributed by atoms with Crippen LogP contribution in [0.1, 0.15) is 63.0 Å². The zero-order valence-electron chi connectivity index (χ0n) is 17.3. The number of hydrogen-bond donors (Lipinski definition) is 1. The summed E-state index contributed by atoms with van der Waals surface area (Å²) in [4.78, 5) is 30.2. The molecule has 0 saturated heterocycles. The molecular formula is C22H22N4O2S2. The minimum absolute atomic E-state index is 0.0211. The molecular weight excluding hydrogens is 416 g/mol. The van der Waals surface area contributed by atoms with Crippen molar-refractivity contribution in [1.29, 1.82) is 0 Å². The normalized spacial score (nSPS) is 15.2. The fourth-order valence-corrected chi connectivity index (χ4v) is 5.10. The predicted octanol–water partition coefficient (Wildman–Crippen LogP) is 4.24. The molecule has 1 aliphatic heterocycles. The number of carbonyl (C=O) groups excluding carboxylic acids is 2. The Balaban J connectivity index is 1.96. The lowest BCUT2D eigenvalue weighted by Gasteiger charge is -2.11. The molecule has 8 heteroatoms. The van der Waals surface area contributed by atoms with Gasteiger partial charge in [-0.15, -0.1) is 21.5 Å². The molecule has 3 heterocycles. The summed E-state index contributed by atoms with van der Waals surface area (Å²) in [6.45, 7) is 7.66. The molecule has 0 bridgehead atoms. The maximum Gasteiger partial charge on any atom is 0.172 e. The number of fused-ring (bicyclic) bond motifs is 3. The molecule has 2 aromatic heterocycles. The smallest absolute Gasteiger partial charge is 0.172 e. The molecule has 154 valence electrons. The van der Waals surface area contributed by atoms with E-state index in [1.54, 1.807) is 30.4 Å². The van der Waals surface area contributed by atoms with E-state index in [4.69, 9.17) is 4.99 Å². The molecule has 0 saturated carbocycles. The van der Waals surface area contributed by atoms with Gasteiger partial charge in [-0.3, -0.25) is 19.1 Å². The Kier molecular flexibility index (Phi) is 5.46. The molecule has 0 fully saturated rings. The fourth-order valence-electron chi connectivity index (χ4n) is 3.70. The molecule has 0 aliphatic carbocycles. The quantitative estimate of drug-likeness (QED) is 0.477. The fraction of sp³-hybridized carbons (Fsp3) is 0.318. The summed E-state index contributed by atoms with van der Waals surface area (Å²) < 4.78 is 2.03. The van der Waals surface area contributed by atoms with Gasteiger partial charge in [0.05, 0.1) is 11.5 Å². The van der Waals surface area contributed by atoms with Crippen LogP contribution in [-0.2, 0) is 4.79 Å². The highest BCUT2D eigenvalue weighted by Crippen LogP contribution is 2.39. The largest absolute Gasteiger partial charge is 0.300 e. The third kappa shape index (κ3) is 3.44. The number of carbonyl (C=O) groups is 2. The van der Waals surface area contributed by atoms with Crippen molar-refractivity contribution in [1.82, 2.24) is 14.8 Å². The number of thiophene rings is 1. The molecule has 0 N–H and O–H groups in total. The van der Waals surface area contributed by atoms with E-state index in [1.165, 1.54) is 4.88 Å². The van der Waals surface area contributed by atoms with Crippen LogP contribution in [0.3, 0.4) is 0 Å². The van der Waals surface area contributed by atoms with Crippen LogP contribution in [0.2, 0.25) is 0 Å². The van der Waals surface area contributed by atoms with Crippen LogP contribution in [-0.4, -0.2) is 37.8 Å². The highest BCUT2D eigenvalue weighted by molar-refractivity contribution is 7.81. The Bertz CT molecular complexity index is 1190. The van der Waals surface area contributed by atoms with Gasteiger partial charge in [0.25, 0.3) is 0 Å². The molecule has 30 heavy (non-hydrogen) atoms. The van der Waals surface area contributed by atoms with Crippen molar-refractivity contribution < 1.29 is 9.59 Å². The number of aliphatic imine (C=N–C) groups is 1. The minimum Gasteiger partial charge on any atom is -0.300 e. The van der Waals surface area contributed by atoms with Crippen LogP contribution in [0.5, 0.6) is 0 Å². The molecule has 1 aliphatic rings. The van der Waals surface area contributed by atoms with E-state index in [9.17, 15) is 9.59 Å². The highest BCUT2D eigenvalue weighted by atomic mass is 32.1. The van der Waals surface area contributed by atoms with Gasteiger partial charge in [0.15, 0.2) is 11.6 Å². The molecule has 1 atom stereocenters. The maximum atomic E-state index is 12.0. The summed E-state index contributed by atoms with van der Waals surface area (Å²) in [6.07, 6.45) is 0.255. The van der Waals surface area contributed by atoms with Crippen molar-refractivity contribution in [2.45, 2.75) is 40.2 Å². The number of Topliss-reactive ketones (excluding diaryl/α,β-unsaturated/α-hetero) is 2. The summed E-state index contributed by atoms with van der Waals surface area (Å²) in [5.41, 5.74) is 4.51. The van der Waals surface area contributed by atoms with Gasteiger partial charge in [-0.1, -0.05) is 24.3 Å². The molecule has 4 rings (SSSR count). The second-order valence-corrected chi connectivity index (χ2v) is 8.98. The summed E-state index contributed by atoms with van der Waals surface area (Å²) in [7, 11) is 0. The summed E-state index contributed by atoms with van der Waals surface area (Å²) in [5.74, 6) is 1.64. The van der Waals surface area contributed by atoms with Crippen molar-refractivity contribution in [3.05, 3.63) is 63.0 Å². The minimum atomic E-state index is -0.420. The van der Waals surface area contributed by atoms with Crippen LogP contribution in [0.25, 0.3) is 5.00 Å². The lowest BCUT2D eigenvalue weighted by Crippen LogP contribution is -2.10. The lowest BCUT2D eigenvalue weighted by atomic mass is 9.98. The van der Waals surface area contributed by atoms with Gasteiger partial charge in [0.1, 0.15) is 22.7 Å². The Morgan fingerprint density at radius 1 is 1.13 bits per heavy atom. The first-order valence-electron chi connectivity index (χ1n) is 9.66. The number of ketones is 2. The zero-order chi connectivity index (χ0) is 21.6. The Hall–Kier alpha value is -2.58. The Morgan fingerprint density at radius 2 is 1.83 bits per heavy atom. The standard InChI is InChI=1S/C22H22N4O2S2/c1-11(27)9-17-21-25-24-14(4)26(21)22-19(12(2)13(3)30-22)20(23-17)16-7-5-15(6-8-16)18(28)10-29/h5-8,17,29H,9-10H2,1-4H3/t17-/m0/s1. The van der Waals surface area contributed by atoms with Crippen LogP contribution in [0.4, 0.5) is 0 Å². The number of thiol groups is 1. The van der Waals surface area contributed by atoms with Crippen LogP contribution in [0, 0.1) is 20.8 Å². The van der Waals surface area contributed by atoms with E-state index < -0.39 is 6.04 Å². The SMILES string of the molecule is CC(=O)C[C@@H]1N=C(c2ccc(C(=O)CS)cc2)c2c(sc(C)c2C)-n2c(C)nnc21. The predicted molar refractivity (Wildman–Crippen MR) is 122 cm³/mol. The van der Waals surface area contributed by atoms with E-state index in [0.29, 0.717) is 11.4 Å². The van der Waals surface area contributed by atoms with Crippen molar-refractivity contribution in [3.8, 4) is 5.00 Å². The number of aryl methyl sites for hydroxylation is 2.